The molecule has 1 saturated heterocycles. The minimum absolute atomic E-state index is 0.275. The maximum atomic E-state index is 13.9. The molecule has 2 N–H and O–H groups in total. The molecule has 1 aromatic carbocycles. The van der Waals surface area contributed by atoms with Crippen molar-refractivity contribution in [1.82, 2.24) is 10.2 Å². The van der Waals surface area contributed by atoms with Gasteiger partial charge in [-0.3, -0.25) is 4.90 Å². The van der Waals surface area contributed by atoms with Gasteiger partial charge in [-0.1, -0.05) is 12.1 Å². The Balaban J connectivity index is 1.88. The summed E-state index contributed by atoms with van der Waals surface area (Å²) in [4.78, 5) is 12.5. The van der Waals surface area contributed by atoms with Crippen LogP contribution in [0.25, 0.3) is 0 Å². The van der Waals surface area contributed by atoms with Gasteiger partial charge in [0.1, 0.15) is 6.17 Å². The summed E-state index contributed by atoms with van der Waals surface area (Å²) in [5.74, 6) is 0. The summed E-state index contributed by atoms with van der Waals surface area (Å²) in [6.45, 7) is 1.69. The predicted octanol–water partition coefficient (Wildman–Crippen LogP) is 2.47. The second kappa shape index (κ2) is 6.51. The molecule has 19 heavy (non-hydrogen) atoms. The zero-order valence-corrected chi connectivity index (χ0v) is 12.5. The van der Waals surface area contributed by atoms with Crippen LogP contribution in [-0.4, -0.2) is 41.4 Å². The number of rotatable bonds is 3. The van der Waals surface area contributed by atoms with Crippen LogP contribution < -0.4 is 5.32 Å². The van der Waals surface area contributed by atoms with Gasteiger partial charge in [0.25, 0.3) is 0 Å². The molecule has 6 heteroatoms. The summed E-state index contributed by atoms with van der Waals surface area (Å²) >= 11 is 2.25. The summed E-state index contributed by atoms with van der Waals surface area (Å²) in [5, 5.41) is 10.9. The third kappa shape index (κ3) is 4.31. The first-order valence-electron chi connectivity index (χ1n) is 6.15. The van der Waals surface area contributed by atoms with Crippen LogP contribution in [-0.2, 0) is 6.54 Å². The van der Waals surface area contributed by atoms with Crippen LogP contribution in [0.5, 0.6) is 0 Å². The molecule has 0 aromatic heterocycles. The summed E-state index contributed by atoms with van der Waals surface area (Å²) in [7, 11) is 0. The van der Waals surface area contributed by atoms with Crippen molar-refractivity contribution in [1.29, 1.82) is 0 Å². The van der Waals surface area contributed by atoms with Crippen molar-refractivity contribution in [2.45, 2.75) is 25.2 Å². The largest absolute Gasteiger partial charge is 0.465 e. The molecule has 2 atom stereocenters. The van der Waals surface area contributed by atoms with E-state index in [-0.39, 0.29) is 6.54 Å². The molecule has 1 amide bonds. The molecule has 1 fully saturated rings. The minimum Gasteiger partial charge on any atom is -0.465 e. The highest BCUT2D eigenvalue weighted by molar-refractivity contribution is 14.1. The first kappa shape index (κ1) is 14.5. The third-order valence-corrected chi connectivity index (χ3v) is 3.97. The highest BCUT2D eigenvalue weighted by Crippen LogP contribution is 2.17. The molecule has 2 rings (SSSR count). The van der Waals surface area contributed by atoms with E-state index in [1.807, 2.05) is 29.2 Å². The molecule has 0 spiro atoms. The van der Waals surface area contributed by atoms with Crippen molar-refractivity contribution in [3.8, 4) is 0 Å². The van der Waals surface area contributed by atoms with Crippen LogP contribution in [0.2, 0.25) is 0 Å². The third-order valence-electron chi connectivity index (χ3n) is 3.25. The Morgan fingerprint density at radius 3 is 2.74 bits per heavy atom. The number of nitrogens with one attached hydrogen (secondary N) is 1. The normalized spacial score (nSPS) is 24.1. The SMILES string of the molecule is O=C(O)N[C@H]1CCN(Cc2ccc(I)cc2)C[C@@H]1F. The molecule has 4 nitrogen and oxygen atoms in total. The highest BCUT2D eigenvalue weighted by atomic mass is 127. The van der Waals surface area contributed by atoms with Crippen LogP contribution in [0.15, 0.2) is 24.3 Å². The first-order valence-corrected chi connectivity index (χ1v) is 7.23. The summed E-state index contributed by atoms with van der Waals surface area (Å²) in [5.41, 5.74) is 1.15. The molecule has 0 radical (unpaired) electrons. The number of piperidine rings is 1. The standard InChI is InChI=1S/C13H16FIN2O2/c14-11-8-17(6-5-12(11)16-13(18)19)7-9-1-3-10(15)4-2-9/h1-4,11-12,16H,5-8H2,(H,18,19)/t11-,12-/m0/s1. The van der Waals surface area contributed by atoms with E-state index in [1.54, 1.807) is 0 Å². The van der Waals surface area contributed by atoms with Gasteiger partial charge < -0.3 is 10.4 Å². The molecule has 1 aromatic rings. The fourth-order valence-electron chi connectivity index (χ4n) is 2.28. The summed E-state index contributed by atoms with van der Waals surface area (Å²) < 4.78 is 15.0. The van der Waals surface area contributed by atoms with E-state index in [1.165, 1.54) is 3.57 Å². The monoisotopic (exact) mass is 378 g/mol. The van der Waals surface area contributed by atoms with Gasteiger partial charge in [-0.05, 0) is 46.7 Å². The Bertz CT molecular complexity index is 441. The van der Waals surface area contributed by atoms with E-state index in [0.29, 0.717) is 19.5 Å². The van der Waals surface area contributed by atoms with Crippen molar-refractivity contribution in [3.63, 3.8) is 0 Å². The van der Waals surface area contributed by atoms with Crippen LogP contribution in [0.1, 0.15) is 12.0 Å². The molecular formula is C13H16FIN2O2. The van der Waals surface area contributed by atoms with Crippen molar-refractivity contribution in [2.75, 3.05) is 13.1 Å². The molecule has 104 valence electrons. The van der Waals surface area contributed by atoms with Gasteiger partial charge in [0.15, 0.2) is 0 Å². The van der Waals surface area contributed by atoms with Crippen molar-refractivity contribution in [2.24, 2.45) is 0 Å². The first-order chi connectivity index (χ1) is 9.04. The van der Waals surface area contributed by atoms with E-state index in [2.05, 4.69) is 27.9 Å². The second-order valence-electron chi connectivity index (χ2n) is 4.72. The Morgan fingerprint density at radius 2 is 2.16 bits per heavy atom. The van der Waals surface area contributed by atoms with Crippen LogP contribution in [0, 0.1) is 3.57 Å². The molecular weight excluding hydrogens is 362 g/mol. The fourth-order valence-corrected chi connectivity index (χ4v) is 2.64. The Kier molecular flexibility index (Phi) is 4.98. The number of halogens is 2. The smallest absolute Gasteiger partial charge is 0.404 e. The van der Waals surface area contributed by atoms with Crippen molar-refractivity contribution < 1.29 is 14.3 Å². The quantitative estimate of drug-likeness (QED) is 0.795. The number of nitrogens with zero attached hydrogens (tertiary/aromatic N) is 1. The number of hydrogen-bond acceptors (Lipinski definition) is 2. The van der Waals surface area contributed by atoms with Crippen molar-refractivity contribution >= 4 is 28.7 Å². The van der Waals surface area contributed by atoms with Crippen molar-refractivity contribution in [3.05, 3.63) is 33.4 Å². The van der Waals surface area contributed by atoms with Crippen LogP contribution >= 0.6 is 22.6 Å². The van der Waals surface area contributed by atoms with E-state index < -0.39 is 18.3 Å². The average molecular weight is 378 g/mol. The van der Waals surface area contributed by atoms with E-state index in [0.717, 1.165) is 5.56 Å². The fraction of sp³-hybridized carbons (Fsp3) is 0.462. The lowest BCUT2D eigenvalue weighted by Gasteiger charge is -2.34. The van der Waals surface area contributed by atoms with Gasteiger partial charge in [0, 0.05) is 23.2 Å². The molecule has 1 aliphatic heterocycles. The molecule has 1 aliphatic rings. The molecule has 0 saturated carbocycles. The number of alkyl halides is 1. The minimum atomic E-state index is -1.15. The molecule has 0 unspecified atom stereocenters. The number of likely N-dealkylation sites (tertiary alicyclic amines) is 1. The zero-order valence-electron chi connectivity index (χ0n) is 10.4. The summed E-state index contributed by atoms with van der Waals surface area (Å²) in [6.07, 6.45) is -1.79. The van der Waals surface area contributed by atoms with Gasteiger partial charge in [-0.25, -0.2) is 9.18 Å². The second-order valence-corrected chi connectivity index (χ2v) is 5.97. The number of carbonyl (C=O) groups is 1. The molecule has 0 bridgehead atoms. The average Bonchev–Trinajstić information content (AvgIpc) is 2.35. The number of amides is 1. The zero-order chi connectivity index (χ0) is 13.8. The lowest BCUT2D eigenvalue weighted by Crippen LogP contribution is -2.51. The topological polar surface area (TPSA) is 52.6 Å². The lowest BCUT2D eigenvalue weighted by atomic mass is 10.0. The maximum Gasteiger partial charge on any atom is 0.404 e. The van der Waals surface area contributed by atoms with Gasteiger partial charge in [-0.15, -0.1) is 0 Å². The maximum absolute atomic E-state index is 13.9. The number of hydrogen-bond donors (Lipinski definition) is 2. The van der Waals surface area contributed by atoms with Crippen LogP contribution in [0.3, 0.4) is 0 Å². The van der Waals surface area contributed by atoms with E-state index >= 15 is 0 Å². The Labute approximate surface area is 125 Å². The Hall–Kier alpha value is -0.890. The highest BCUT2D eigenvalue weighted by Gasteiger charge is 2.30. The van der Waals surface area contributed by atoms with E-state index in [9.17, 15) is 9.18 Å². The van der Waals surface area contributed by atoms with Gasteiger partial charge in [-0.2, -0.15) is 0 Å². The van der Waals surface area contributed by atoms with Gasteiger partial charge in [0.2, 0.25) is 0 Å². The summed E-state index contributed by atoms with van der Waals surface area (Å²) in [6, 6.07) is 7.56. The lowest BCUT2D eigenvalue weighted by molar-refractivity contribution is 0.0955. The van der Waals surface area contributed by atoms with Gasteiger partial charge >= 0.3 is 6.09 Å². The van der Waals surface area contributed by atoms with Gasteiger partial charge in [0.05, 0.1) is 6.04 Å². The van der Waals surface area contributed by atoms with Crippen LogP contribution in [0.4, 0.5) is 9.18 Å². The number of benzene rings is 1. The molecule has 0 aliphatic carbocycles. The number of carboxylic acid groups (broad SMARTS) is 1. The van der Waals surface area contributed by atoms with E-state index in [4.69, 9.17) is 5.11 Å². The Morgan fingerprint density at radius 1 is 1.47 bits per heavy atom. The molecule has 1 heterocycles. The predicted molar refractivity (Wildman–Crippen MR) is 78.9 cm³/mol.